The van der Waals surface area contributed by atoms with Crippen molar-refractivity contribution in [2.75, 3.05) is 19.0 Å². The Labute approximate surface area is 76.1 Å². The monoisotopic (exact) mass is 187 g/mol. The van der Waals surface area contributed by atoms with Crippen LogP contribution in [0.5, 0.6) is 0 Å². The predicted octanol–water partition coefficient (Wildman–Crippen LogP) is 1.51. The van der Waals surface area contributed by atoms with Gasteiger partial charge < -0.3 is 10.1 Å². The zero-order valence-electron chi connectivity index (χ0n) is 7.33. The molecular formula is C7H13N3OS. The Balaban J connectivity index is 2.39. The molecule has 0 radical (unpaired) electrons. The lowest BCUT2D eigenvalue weighted by molar-refractivity contribution is 0.119. The van der Waals surface area contributed by atoms with E-state index in [1.807, 2.05) is 7.05 Å². The summed E-state index contributed by atoms with van der Waals surface area (Å²) in [6, 6.07) is 0. The van der Waals surface area contributed by atoms with Crippen LogP contribution in [0, 0.1) is 0 Å². The lowest BCUT2D eigenvalue weighted by Crippen LogP contribution is -1.97. The van der Waals surface area contributed by atoms with Crippen LogP contribution >= 0.6 is 11.5 Å². The van der Waals surface area contributed by atoms with Crippen LogP contribution in [0.1, 0.15) is 19.0 Å². The van der Waals surface area contributed by atoms with E-state index in [2.05, 4.69) is 21.8 Å². The zero-order chi connectivity index (χ0) is 8.81. The highest BCUT2D eigenvalue weighted by Gasteiger charge is 2.04. The van der Waals surface area contributed by atoms with Crippen LogP contribution in [0.4, 0.5) is 5.00 Å². The average Bonchev–Trinajstić information content (AvgIpc) is 2.52. The van der Waals surface area contributed by atoms with E-state index < -0.39 is 0 Å². The van der Waals surface area contributed by atoms with Crippen LogP contribution in [-0.2, 0) is 11.3 Å². The van der Waals surface area contributed by atoms with Crippen molar-refractivity contribution in [3.63, 3.8) is 0 Å². The average molecular weight is 187 g/mol. The van der Waals surface area contributed by atoms with Crippen LogP contribution < -0.4 is 5.32 Å². The van der Waals surface area contributed by atoms with Gasteiger partial charge in [-0.05, 0) is 6.42 Å². The molecule has 0 aliphatic carbocycles. The van der Waals surface area contributed by atoms with E-state index in [-0.39, 0.29) is 0 Å². The third kappa shape index (κ3) is 2.42. The minimum absolute atomic E-state index is 0.556. The fraction of sp³-hybridized carbons (Fsp3) is 0.714. The van der Waals surface area contributed by atoms with E-state index in [1.54, 1.807) is 0 Å². The molecule has 1 heterocycles. The molecule has 0 unspecified atom stereocenters. The summed E-state index contributed by atoms with van der Waals surface area (Å²) in [4.78, 5) is 0. The molecule has 1 aromatic rings. The number of anilines is 1. The van der Waals surface area contributed by atoms with Gasteiger partial charge in [0.2, 0.25) is 0 Å². The summed E-state index contributed by atoms with van der Waals surface area (Å²) in [6.07, 6.45) is 1.03. The second-order valence-corrected chi connectivity index (χ2v) is 3.11. The maximum atomic E-state index is 5.33. The molecule has 0 spiro atoms. The topological polar surface area (TPSA) is 47.0 Å². The van der Waals surface area contributed by atoms with Crippen LogP contribution in [0.2, 0.25) is 0 Å². The number of nitrogens with zero attached hydrogens (tertiary/aromatic N) is 2. The Morgan fingerprint density at radius 2 is 2.42 bits per heavy atom. The Hall–Kier alpha value is -0.680. The number of hydrogen-bond acceptors (Lipinski definition) is 5. The fourth-order valence-electron chi connectivity index (χ4n) is 0.806. The standard InChI is InChI=1S/C7H13N3OS/c1-3-4-11-5-6-7(8-2)12-10-9-6/h8H,3-5H2,1-2H3. The molecule has 0 fully saturated rings. The molecule has 0 bridgehead atoms. The van der Waals surface area contributed by atoms with Gasteiger partial charge in [-0.15, -0.1) is 5.10 Å². The van der Waals surface area contributed by atoms with Gasteiger partial charge in [0.25, 0.3) is 0 Å². The molecule has 12 heavy (non-hydrogen) atoms. The van der Waals surface area contributed by atoms with Gasteiger partial charge in [-0.1, -0.05) is 11.4 Å². The summed E-state index contributed by atoms with van der Waals surface area (Å²) >= 11 is 1.36. The molecule has 0 saturated carbocycles. The quantitative estimate of drug-likeness (QED) is 0.710. The molecule has 0 amide bonds. The first kappa shape index (κ1) is 9.41. The summed E-state index contributed by atoms with van der Waals surface area (Å²) in [7, 11) is 1.86. The Bertz CT molecular complexity index is 226. The minimum atomic E-state index is 0.556. The molecular weight excluding hydrogens is 174 g/mol. The normalized spacial score (nSPS) is 10.2. The highest BCUT2D eigenvalue weighted by molar-refractivity contribution is 7.10. The molecule has 5 heteroatoms. The highest BCUT2D eigenvalue weighted by atomic mass is 32.1. The van der Waals surface area contributed by atoms with Crippen molar-refractivity contribution in [1.29, 1.82) is 0 Å². The molecule has 4 nitrogen and oxygen atoms in total. The summed E-state index contributed by atoms with van der Waals surface area (Å²) in [5.74, 6) is 0. The van der Waals surface area contributed by atoms with Gasteiger partial charge >= 0.3 is 0 Å². The fourth-order valence-corrected chi connectivity index (χ4v) is 1.32. The number of nitrogens with one attached hydrogen (secondary N) is 1. The summed E-state index contributed by atoms with van der Waals surface area (Å²) in [5, 5.41) is 7.95. The molecule has 1 aromatic heterocycles. The summed E-state index contributed by atoms with van der Waals surface area (Å²) in [5.41, 5.74) is 0.899. The maximum Gasteiger partial charge on any atom is 0.135 e. The van der Waals surface area contributed by atoms with Crippen molar-refractivity contribution in [2.45, 2.75) is 20.0 Å². The molecule has 68 valence electrons. The SMILES string of the molecule is CCCOCc1nnsc1NC. The first-order valence-electron chi connectivity index (χ1n) is 3.95. The second-order valence-electron chi connectivity index (χ2n) is 2.35. The van der Waals surface area contributed by atoms with Crippen molar-refractivity contribution in [2.24, 2.45) is 0 Å². The van der Waals surface area contributed by atoms with Gasteiger partial charge in [-0.3, -0.25) is 0 Å². The van der Waals surface area contributed by atoms with E-state index in [9.17, 15) is 0 Å². The smallest absolute Gasteiger partial charge is 0.135 e. The summed E-state index contributed by atoms with van der Waals surface area (Å²) in [6.45, 7) is 3.42. The van der Waals surface area contributed by atoms with Crippen molar-refractivity contribution in [3.8, 4) is 0 Å². The molecule has 0 atom stereocenters. The van der Waals surface area contributed by atoms with Crippen molar-refractivity contribution in [3.05, 3.63) is 5.69 Å². The van der Waals surface area contributed by atoms with Gasteiger partial charge in [0.15, 0.2) is 0 Å². The van der Waals surface area contributed by atoms with Crippen LogP contribution in [0.3, 0.4) is 0 Å². The third-order valence-corrected chi connectivity index (χ3v) is 2.16. The van der Waals surface area contributed by atoms with E-state index in [0.717, 1.165) is 23.7 Å². The van der Waals surface area contributed by atoms with Gasteiger partial charge in [0.1, 0.15) is 10.7 Å². The van der Waals surface area contributed by atoms with Gasteiger partial charge in [0, 0.05) is 25.2 Å². The van der Waals surface area contributed by atoms with E-state index in [4.69, 9.17) is 4.74 Å². The van der Waals surface area contributed by atoms with Crippen LogP contribution in [-0.4, -0.2) is 23.2 Å². The van der Waals surface area contributed by atoms with Gasteiger partial charge in [0.05, 0.1) is 6.61 Å². The minimum Gasteiger partial charge on any atom is -0.377 e. The molecule has 0 aliphatic rings. The number of rotatable bonds is 5. The lowest BCUT2D eigenvalue weighted by atomic mass is 10.5. The first-order valence-corrected chi connectivity index (χ1v) is 4.72. The molecule has 0 aromatic carbocycles. The predicted molar refractivity (Wildman–Crippen MR) is 49.4 cm³/mol. The Morgan fingerprint density at radius 3 is 3.08 bits per heavy atom. The summed E-state index contributed by atoms with van der Waals surface area (Å²) < 4.78 is 9.15. The molecule has 0 aliphatic heterocycles. The lowest BCUT2D eigenvalue weighted by Gasteiger charge is -2.00. The Kier molecular flexibility index (Phi) is 3.96. The molecule has 1 rings (SSSR count). The molecule has 1 N–H and O–H groups in total. The van der Waals surface area contributed by atoms with Gasteiger partial charge in [-0.2, -0.15) is 0 Å². The maximum absolute atomic E-state index is 5.33. The highest BCUT2D eigenvalue weighted by Crippen LogP contribution is 2.16. The van der Waals surface area contributed by atoms with E-state index in [1.165, 1.54) is 11.5 Å². The second kappa shape index (κ2) is 5.05. The number of aromatic nitrogens is 2. The first-order chi connectivity index (χ1) is 5.88. The Morgan fingerprint density at radius 1 is 1.58 bits per heavy atom. The molecule has 0 saturated heterocycles. The van der Waals surface area contributed by atoms with Crippen molar-refractivity contribution < 1.29 is 4.74 Å². The zero-order valence-corrected chi connectivity index (χ0v) is 8.15. The van der Waals surface area contributed by atoms with Crippen LogP contribution in [0.25, 0.3) is 0 Å². The third-order valence-electron chi connectivity index (χ3n) is 1.37. The van der Waals surface area contributed by atoms with E-state index in [0.29, 0.717) is 6.61 Å². The van der Waals surface area contributed by atoms with Crippen LogP contribution in [0.15, 0.2) is 0 Å². The van der Waals surface area contributed by atoms with E-state index >= 15 is 0 Å². The number of hydrogen-bond donors (Lipinski definition) is 1. The largest absolute Gasteiger partial charge is 0.377 e. The number of ether oxygens (including phenoxy) is 1. The van der Waals surface area contributed by atoms with Crippen molar-refractivity contribution >= 4 is 16.5 Å². The van der Waals surface area contributed by atoms with Crippen molar-refractivity contribution in [1.82, 2.24) is 9.59 Å². The van der Waals surface area contributed by atoms with Gasteiger partial charge in [-0.25, -0.2) is 0 Å².